The third-order valence-electron chi connectivity index (χ3n) is 1.70. The fourth-order valence-corrected chi connectivity index (χ4v) is 3.50. The van der Waals surface area contributed by atoms with E-state index in [0.717, 1.165) is 0 Å². The van der Waals surface area contributed by atoms with E-state index >= 15 is 0 Å². The van der Waals surface area contributed by atoms with Crippen LogP contribution in [-0.4, -0.2) is 6.61 Å². The fraction of sp³-hybridized carbons (Fsp3) is 0.333. The molecule has 0 unspecified atom stereocenters. The van der Waals surface area contributed by atoms with Gasteiger partial charge in [0.15, 0.2) is 0 Å². The molecular formula is C9H10Cl3O2P. The number of hydrogen-bond donors (Lipinski definition) is 0. The molecule has 0 aliphatic heterocycles. The zero-order valence-electron chi connectivity index (χ0n) is 8.04. The Morgan fingerprint density at radius 1 is 1.40 bits per heavy atom. The van der Waals surface area contributed by atoms with E-state index in [9.17, 15) is 4.57 Å². The van der Waals surface area contributed by atoms with Crippen molar-refractivity contribution in [2.75, 3.05) is 6.61 Å². The Kier molecular flexibility index (Phi) is 4.95. The van der Waals surface area contributed by atoms with Crippen molar-refractivity contribution in [1.29, 1.82) is 0 Å². The van der Waals surface area contributed by atoms with Gasteiger partial charge in [-0.3, -0.25) is 4.57 Å². The topological polar surface area (TPSA) is 26.3 Å². The quantitative estimate of drug-likeness (QED) is 0.731. The smallest absolute Gasteiger partial charge is 0.294 e. The highest BCUT2D eigenvalue weighted by atomic mass is 35.7. The Morgan fingerprint density at radius 2 is 2.07 bits per heavy atom. The van der Waals surface area contributed by atoms with Gasteiger partial charge >= 0.3 is 0 Å². The molecule has 0 fully saturated rings. The molecule has 2 nitrogen and oxygen atoms in total. The maximum absolute atomic E-state index is 11.7. The van der Waals surface area contributed by atoms with Gasteiger partial charge in [-0.2, -0.15) is 0 Å². The lowest BCUT2D eigenvalue weighted by Crippen LogP contribution is -1.90. The standard InChI is InChI=1S/C9H10Cl3O2P/c1-2-14-15(12,13)6-7-3-4-8(10)5-9(7)11/h3-5H,2,6H2,1H3/t15-/m0/s1. The van der Waals surface area contributed by atoms with E-state index < -0.39 is 6.72 Å². The molecule has 0 amide bonds. The molecule has 0 bridgehead atoms. The monoisotopic (exact) mass is 286 g/mol. The van der Waals surface area contributed by atoms with Crippen molar-refractivity contribution in [2.45, 2.75) is 13.1 Å². The normalized spacial score (nSPS) is 14.9. The lowest BCUT2D eigenvalue weighted by atomic mass is 10.2. The number of rotatable bonds is 4. The zero-order valence-corrected chi connectivity index (χ0v) is 11.2. The second kappa shape index (κ2) is 5.56. The van der Waals surface area contributed by atoms with Gasteiger partial charge in [0.2, 0.25) is 0 Å². The van der Waals surface area contributed by atoms with Crippen molar-refractivity contribution in [3.8, 4) is 0 Å². The molecule has 1 atom stereocenters. The molecule has 0 aliphatic rings. The van der Waals surface area contributed by atoms with Crippen LogP contribution in [0.2, 0.25) is 10.0 Å². The minimum Gasteiger partial charge on any atom is -0.318 e. The van der Waals surface area contributed by atoms with Gasteiger partial charge in [-0.15, -0.1) is 0 Å². The van der Waals surface area contributed by atoms with E-state index in [1.807, 2.05) is 0 Å². The summed E-state index contributed by atoms with van der Waals surface area (Å²) in [4.78, 5) is 0. The van der Waals surface area contributed by atoms with Crippen LogP contribution in [0, 0.1) is 0 Å². The van der Waals surface area contributed by atoms with Crippen LogP contribution in [0.15, 0.2) is 18.2 Å². The molecule has 1 rings (SSSR count). The SMILES string of the molecule is CCO[P@](=O)(Cl)Cc1ccc(Cl)cc1Cl. The van der Waals surface area contributed by atoms with E-state index in [2.05, 4.69) is 0 Å². The molecule has 0 aromatic heterocycles. The highest BCUT2D eigenvalue weighted by Crippen LogP contribution is 2.55. The largest absolute Gasteiger partial charge is 0.318 e. The number of halogens is 3. The summed E-state index contributed by atoms with van der Waals surface area (Å²) in [5, 5.41) is 0.979. The van der Waals surface area contributed by atoms with Crippen molar-refractivity contribution in [1.82, 2.24) is 0 Å². The summed E-state index contributed by atoms with van der Waals surface area (Å²) in [6.07, 6.45) is 0.110. The molecule has 0 heterocycles. The second-order valence-corrected chi connectivity index (χ2v) is 7.05. The van der Waals surface area contributed by atoms with Crippen molar-refractivity contribution in [3.63, 3.8) is 0 Å². The van der Waals surface area contributed by atoms with Gasteiger partial charge in [0.25, 0.3) is 6.72 Å². The lowest BCUT2D eigenvalue weighted by molar-refractivity contribution is 0.344. The van der Waals surface area contributed by atoms with Gasteiger partial charge in [0.1, 0.15) is 0 Å². The van der Waals surface area contributed by atoms with E-state index in [-0.39, 0.29) is 6.16 Å². The highest BCUT2D eigenvalue weighted by molar-refractivity contribution is 7.84. The first-order valence-electron chi connectivity index (χ1n) is 4.32. The van der Waals surface area contributed by atoms with E-state index in [0.29, 0.717) is 22.2 Å². The molecule has 0 radical (unpaired) electrons. The van der Waals surface area contributed by atoms with Gasteiger partial charge in [-0.1, -0.05) is 29.3 Å². The predicted molar refractivity (Wildman–Crippen MR) is 65.3 cm³/mol. The molecule has 0 N–H and O–H groups in total. The van der Waals surface area contributed by atoms with Crippen molar-refractivity contribution in [3.05, 3.63) is 33.8 Å². The minimum absolute atomic E-state index is 0.110. The van der Waals surface area contributed by atoms with Crippen LogP contribution < -0.4 is 0 Å². The molecule has 1 aromatic carbocycles. The third kappa shape index (κ3) is 4.34. The molecule has 0 saturated heterocycles. The number of benzene rings is 1. The van der Waals surface area contributed by atoms with Crippen LogP contribution in [0.1, 0.15) is 12.5 Å². The fourth-order valence-electron chi connectivity index (χ4n) is 1.09. The van der Waals surface area contributed by atoms with Crippen LogP contribution >= 0.6 is 41.2 Å². The third-order valence-corrected chi connectivity index (χ3v) is 4.30. The second-order valence-electron chi connectivity index (χ2n) is 2.90. The summed E-state index contributed by atoms with van der Waals surface area (Å²) >= 11 is 17.4. The van der Waals surface area contributed by atoms with Crippen LogP contribution in [0.5, 0.6) is 0 Å². The van der Waals surface area contributed by atoms with Gasteiger partial charge in [0, 0.05) is 10.0 Å². The average molecular weight is 288 g/mol. The Hall–Kier alpha value is 0.280. The van der Waals surface area contributed by atoms with Gasteiger partial charge in [-0.05, 0) is 35.9 Å². The number of hydrogen-bond acceptors (Lipinski definition) is 2. The first-order valence-corrected chi connectivity index (χ1v) is 7.79. The van der Waals surface area contributed by atoms with E-state index in [4.69, 9.17) is 39.0 Å². The predicted octanol–water partition coefficient (Wildman–Crippen LogP) is 4.96. The Bertz CT molecular complexity index is 395. The van der Waals surface area contributed by atoms with Crippen molar-refractivity contribution < 1.29 is 9.09 Å². The van der Waals surface area contributed by atoms with Gasteiger partial charge in [-0.25, -0.2) is 0 Å². The molecule has 0 spiro atoms. The maximum Gasteiger partial charge on any atom is 0.294 e. The summed E-state index contributed by atoms with van der Waals surface area (Å²) < 4.78 is 16.6. The lowest BCUT2D eigenvalue weighted by Gasteiger charge is -2.11. The summed E-state index contributed by atoms with van der Waals surface area (Å²) in [5.41, 5.74) is 0.674. The molecule has 84 valence electrons. The molecule has 15 heavy (non-hydrogen) atoms. The van der Waals surface area contributed by atoms with Crippen molar-refractivity contribution in [2.24, 2.45) is 0 Å². The summed E-state index contributed by atoms with van der Waals surface area (Å²) in [6, 6.07) is 4.95. The summed E-state index contributed by atoms with van der Waals surface area (Å²) in [5.74, 6) is 0. The van der Waals surface area contributed by atoms with E-state index in [1.165, 1.54) is 0 Å². The van der Waals surface area contributed by atoms with Crippen LogP contribution in [0.4, 0.5) is 0 Å². The zero-order chi connectivity index (χ0) is 11.5. The molecule has 1 aromatic rings. The highest BCUT2D eigenvalue weighted by Gasteiger charge is 2.20. The molecule has 6 heteroatoms. The average Bonchev–Trinajstić information content (AvgIpc) is 2.09. The summed E-state index contributed by atoms with van der Waals surface area (Å²) in [7, 11) is 0. The summed E-state index contributed by atoms with van der Waals surface area (Å²) in [6.45, 7) is -1.07. The Morgan fingerprint density at radius 3 is 2.60 bits per heavy atom. The van der Waals surface area contributed by atoms with Crippen molar-refractivity contribution >= 4 is 41.2 Å². The molecular weight excluding hydrogens is 277 g/mol. The first kappa shape index (κ1) is 13.3. The maximum atomic E-state index is 11.7. The Labute approximate surface area is 104 Å². The Balaban J connectivity index is 2.85. The molecule has 0 aliphatic carbocycles. The molecule has 0 saturated carbocycles. The van der Waals surface area contributed by atoms with Gasteiger partial charge in [0.05, 0.1) is 12.8 Å². The van der Waals surface area contributed by atoms with Crippen LogP contribution in [0.3, 0.4) is 0 Å². The first-order chi connectivity index (χ1) is 6.94. The van der Waals surface area contributed by atoms with E-state index in [1.54, 1.807) is 25.1 Å². The minimum atomic E-state index is -3.11. The van der Waals surface area contributed by atoms with Gasteiger partial charge < -0.3 is 4.52 Å². The van der Waals surface area contributed by atoms with Crippen LogP contribution in [-0.2, 0) is 15.3 Å². The van der Waals surface area contributed by atoms with Crippen LogP contribution in [0.25, 0.3) is 0 Å².